The summed E-state index contributed by atoms with van der Waals surface area (Å²) in [7, 11) is 0. The highest BCUT2D eigenvalue weighted by Crippen LogP contribution is 2.32. The normalized spacial score (nSPS) is 19.3. The number of aromatic nitrogens is 1. The van der Waals surface area contributed by atoms with Crippen molar-refractivity contribution < 1.29 is 4.42 Å². The molecule has 2 bridgehead atoms. The maximum atomic E-state index is 5.53. The van der Waals surface area contributed by atoms with Gasteiger partial charge in [0.15, 0.2) is 0 Å². The molecule has 0 spiro atoms. The van der Waals surface area contributed by atoms with Crippen LogP contribution in [0.3, 0.4) is 0 Å². The van der Waals surface area contributed by atoms with Crippen molar-refractivity contribution >= 4 is 18.3 Å². The van der Waals surface area contributed by atoms with Gasteiger partial charge < -0.3 is 4.42 Å². The first-order chi connectivity index (χ1) is 8.31. The van der Waals surface area contributed by atoms with Crippen molar-refractivity contribution in [3.8, 4) is 0 Å². The fourth-order valence-electron chi connectivity index (χ4n) is 2.70. The second kappa shape index (κ2) is 4.57. The molecule has 0 saturated heterocycles. The van der Waals surface area contributed by atoms with Gasteiger partial charge in [-0.15, -0.1) is 0 Å². The topological polar surface area (TPSA) is 26.0 Å². The Kier molecular flexibility index (Phi) is 2.93. The maximum absolute atomic E-state index is 5.53. The van der Waals surface area contributed by atoms with E-state index in [1.807, 2.05) is 6.07 Å². The Bertz CT molecular complexity index is 554. The van der Waals surface area contributed by atoms with Gasteiger partial charge in [-0.25, -0.2) is 4.98 Å². The van der Waals surface area contributed by atoms with E-state index in [1.54, 1.807) is 11.1 Å². The van der Waals surface area contributed by atoms with E-state index in [2.05, 4.69) is 17.1 Å². The van der Waals surface area contributed by atoms with E-state index < -0.39 is 0 Å². The Morgan fingerprint density at radius 2 is 2.06 bits per heavy atom. The van der Waals surface area contributed by atoms with Gasteiger partial charge in [0.05, 0.1) is 5.69 Å². The number of nitrogens with zero attached hydrogens (tertiary/aromatic N) is 1. The Morgan fingerprint density at radius 3 is 3.00 bits per heavy atom. The average Bonchev–Trinajstić information content (AvgIpc) is 2.71. The molecule has 2 aliphatic rings. The molecule has 0 atom stereocenters. The summed E-state index contributed by atoms with van der Waals surface area (Å²) in [5, 5.41) is 0. The summed E-state index contributed by atoms with van der Waals surface area (Å²) in [6, 6.07) is 2.01. The van der Waals surface area contributed by atoms with Crippen LogP contribution in [0.5, 0.6) is 0 Å². The number of allylic oxidation sites excluding steroid dienone is 3. The van der Waals surface area contributed by atoms with Crippen LogP contribution in [-0.4, -0.2) is 4.98 Å². The largest absolute Gasteiger partial charge is 0.434 e. The Labute approximate surface area is 106 Å². The molecule has 2 aliphatic carbocycles. The smallest absolute Gasteiger partial charge is 0.289 e. The van der Waals surface area contributed by atoms with Crippen LogP contribution in [-0.2, 0) is 6.42 Å². The van der Waals surface area contributed by atoms with Gasteiger partial charge in [-0.2, -0.15) is 0 Å². The van der Waals surface area contributed by atoms with Gasteiger partial charge in [0.2, 0.25) is 0 Å². The number of fused-ring (bicyclic) bond motifs is 2. The van der Waals surface area contributed by atoms with Gasteiger partial charge in [-0.1, -0.05) is 17.2 Å². The van der Waals surface area contributed by atoms with Gasteiger partial charge >= 0.3 is 0 Å². The van der Waals surface area contributed by atoms with E-state index in [9.17, 15) is 0 Å². The molecule has 0 amide bonds. The lowest BCUT2D eigenvalue weighted by atomic mass is 10.0. The first-order valence-corrected chi connectivity index (χ1v) is 6.59. The van der Waals surface area contributed by atoms with Crippen molar-refractivity contribution in [2.24, 2.45) is 0 Å². The molecule has 3 heteroatoms. The number of hydrogen-bond donors (Lipinski definition) is 0. The fourth-order valence-corrected chi connectivity index (χ4v) is 2.91. The quantitative estimate of drug-likeness (QED) is 0.505. The van der Waals surface area contributed by atoms with E-state index in [0.29, 0.717) is 4.84 Å². The second-order valence-electron chi connectivity index (χ2n) is 4.69. The third-order valence-corrected chi connectivity index (χ3v) is 3.67. The van der Waals surface area contributed by atoms with Crippen molar-refractivity contribution in [1.82, 2.24) is 4.98 Å². The molecule has 88 valence electrons. The molecule has 0 aromatic carbocycles. The minimum Gasteiger partial charge on any atom is -0.434 e. The van der Waals surface area contributed by atoms with Crippen molar-refractivity contribution in [2.75, 3.05) is 0 Å². The van der Waals surface area contributed by atoms with Gasteiger partial charge in [0.25, 0.3) is 4.84 Å². The lowest BCUT2D eigenvalue weighted by Gasteiger charge is -2.08. The molecule has 0 N–H and O–H groups in total. The van der Waals surface area contributed by atoms with Gasteiger partial charge in [0.1, 0.15) is 5.76 Å². The standard InChI is InChI=1S/C14H15NOS/c17-14-15-12-7-2-1-4-10-5-3-6-11(10)8-13(9-12)16-14/h2,7,9H,1,3-6,8H2. The van der Waals surface area contributed by atoms with E-state index in [4.69, 9.17) is 16.6 Å². The van der Waals surface area contributed by atoms with Crippen LogP contribution in [0.1, 0.15) is 43.6 Å². The highest BCUT2D eigenvalue weighted by Gasteiger charge is 2.16. The molecule has 0 fully saturated rings. The van der Waals surface area contributed by atoms with Crippen LogP contribution in [0, 0.1) is 4.84 Å². The van der Waals surface area contributed by atoms with Gasteiger partial charge in [-0.3, -0.25) is 0 Å². The zero-order valence-electron chi connectivity index (χ0n) is 9.74. The van der Waals surface area contributed by atoms with E-state index in [-0.39, 0.29) is 0 Å². The molecule has 2 nitrogen and oxygen atoms in total. The van der Waals surface area contributed by atoms with Crippen molar-refractivity contribution in [3.05, 3.63) is 39.6 Å². The zero-order valence-corrected chi connectivity index (χ0v) is 10.6. The van der Waals surface area contributed by atoms with E-state index in [1.165, 1.54) is 25.7 Å². The molecule has 3 rings (SSSR count). The van der Waals surface area contributed by atoms with E-state index >= 15 is 0 Å². The first kappa shape index (κ1) is 10.9. The summed E-state index contributed by atoms with van der Waals surface area (Å²) in [5.74, 6) is 0.959. The van der Waals surface area contributed by atoms with Crippen LogP contribution >= 0.6 is 12.2 Å². The third-order valence-electron chi connectivity index (χ3n) is 3.49. The zero-order chi connectivity index (χ0) is 11.7. The van der Waals surface area contributed by atoms with Crippen LogP contribution < -0.4 is 0 Å². The highest BCUT2D eigenvalue weighted by molar-refractivity contribution is 7.71. The summed E-state index contributed by atoms with van der Waals surface area (Å²) in [4.78, 5) is 4.56. The molecule has 1 heterocycles. The summed E-state index contributed by atoms with van der Waals surface area (Å²) < 4.78 is 5.53. The van der Waals surface area contributed by atoms with Crippen LogP contribution in [0.25, 0.3) is 6.08 Å². The highest BCUT2D eigenvalue weighted by atomic mass is 32.1. The molecule has 0 unspecified atom stereocenters. The lowest BCUT2D eigenvalue weighted by Crippen LogP contribution is -1.95. The monoisotopic (exact) mass is 245 g/mol. The van der Waals surface area contributed by atoms with Crippen molar-refractivity contribution in [2.45, 2.75) is 38.5 Å². The number of rotatable bonds is 0. The minimum absolute atomic E-state index is 0.350. The molecule has 0 radical (unpaired) electrons. The van der Waals surface area contributed by atoms with Crippen LogP contribution in [0.2, 0.25) is 0 Å². The summed E-state index contributed by atoms with van der Waals surface area (Å²) in [6.45, 7) is 0. The Balaban J connectivity index is 2.05. The van der Waals surface area contributed by atoms with Crippen molar-refractivity contribution in [3.63, 3.8) is 0 Å². The predicted octanol–water partition coefficient (Wildman–Crippen LogP) is 4.23. The second-order valence-corrected chi connectivity index (χ2v) is 5.04. The van der Waals surface area contributed by atoms with Crippen LogP contribution in [0.15, 0.2) is 27.7 Å². The van der Waals surface area contributed by atoms with Crippen molar-refractivity contribution in [1.29, 1.82) is 0 Å². The third kappa shape index (κ3) is 2.39. The van der Waals surface area contributed by atoms with E-state index in [0.717, 1.165) is 24.3 Å². The Morgan fingerprint density at radius 1 is 1.18 bits per heavy atom. The molecule has 1 aromatic heterocycles. The summed E-state index contributed by atoms with van der Waals surface area (Å²) >= 11 is 5.06. The maximum Gasteiger partial charge on any atom is 0.289 e. The van der Waals surface area contributed by atoms with Crippen LogP contribution in [0.4, 0.5) is 0 Å². The summed E-state index contributed by atoms with van der Waals surface area (Å²) in [5.41, 5.74) is 4.13. The molecule has 0 saturated carbocycles. The molecule has 1 aromatic rings. The average molecular weight is 245 g/mol. The molecule has 17 heavy (non-hydrogen) atoms. The molecular weight excluding hydrogens is 230 g/mol. The summed E-state index contributed by atoms with van der Waals surface area (Å²) in [6.07, 6.45) is 11.2. The predicted molar refractivity (Wildman–Crippen MR) is 70.2 cm³/mol. The number of hydrogen-bond acceptors (Lipinski definition) is 3. The fraction of sp³-hybridized carbons (Fsp3) is 0.429. The molecular formula is C14H15NOS. The minimum atomic E-state index is 0.350. The van der Waals surface area contributed by atoms with Gasteiger partial charge in [-0.05, 0) is 50.4 Å². The molecule has 0 aliphatic heterocycles. The SMILES string of the molecule is S=c1nc2cc(o1)CC1=C(CCC=C2)CCC1. The lowest BCUT2D eigenvalue weighted by molar-refractivity contribution is 0.464. The first-order valence-electron chi connectivity index (χ1n) is 6.18. The Hall–Kier alpha value is -1.22. The van der Waals surface area contributed by atoms with Gasteiger partial charge in [0, 0.05) is 12.5 Å².